The molecule has 0 bridgehead atoms. The largest absolute Gasteiger partial charge is 0.322 e. The number of carbonyl (C=O) groups excluding carboxylic acids is 1. The van der Waals surface area contributed by atoms with Crippen LogP contribution in [0.2, 0.25) is 0 Å². The van der Waals surface area contributed by atoms with Crippen LogP contribution in [0.4, 0.5) is 14.5 Å². The maximum absolute atomic E-state index is 12.4. The van der Waals surface area contributed by atoms with Crippen molar-refractivity contribution in [2.75, 3.05) is 5.32 Å². The van der Waals surface area contributed by atoms with Gasteiger partial charge >= 0.3 is 0 Å². The Morgan fingerprint density at radius 1 is 1.14 bits per heavy atom. The van der Waals surface area contributed by atoms with E-state index in [1.165, 1.54) is 36.4 Å². The minimum Gasteiger partial charge on any atom is -0.322 e. The highest BCUT2D eigenvalue weighted by Crippen LogP contribution is 2.27. The van der Waals surface area contributed by atoms with Crippen LogP contribution in [0.1, 0.15) is 18.4 Å². The van der Waals surface area contributed by atoms with Crippen molar-refractivity contribution in [1.82, 2.24) is 4.72 Å². The number of rotatable bonds is 8. The average Bonchev–Trinajstić information content (AvgIpc) is 3.43. The van der Waals surface area contributed by atoms with Gasteiger partial charge in [-0.05, 0) is 54.8 Å². The molecule has 2 N–H and O–H groups in total. The van der Waals surface area contributed by atoms with Crippen LogP contribution < -0.4 is 10.0 Å². The molecule has 0 radical (unpaired) electrons. The van der Waals surface area contributed by atoms with Gasteiger partial charge in [-0.1, -0.05) is 30.0 Å². The zero-order valence-electron chi connectivity index (χ0n) is 14.6. The van der Waals surface area contributed by atoms with E-state index in [0.29, 0.717) is 27.9 Å². The quantitative estimate of drug-likeness (QED) is 0.494. The van der Waals surface area contributed by atoms with Gasteiger partial charge in [-0.25, -0.2) is 13.1 Å². The summed E-state index contributed by atoms with van der Waals surface area (Å²) in [7, 11) is -3.51. The van der Waals surface area contributed by atoms with Gasteiger partial charge in [-0.15, -0.1) is 0 Å². The molecule has 0 aromatic heterocycles. The zero-order chi connectivity index (χ0) is 20.1. The third kappa shape index (κ3) is 6.15. The summed E-state index contributed by atoms with van der Waals surface area (Å²) in [6.45, 7) is 0. The van der Waals surface area contributed by atoms with Crippen LogP contribution in [-0.2, 0) is 14.8 Å². The number of hydrogen-bond donors (Lipinski definition) is 2. The molecule has 0 saturated heterocycles. The average molecular weight is 424 g/mol. The van der Waals surface area contributed by atoms with E-state index < -0.39 is 21.7 Å². The Kier molecular flexibility index (Phi) is 6.48. The fraction of sp³-hybridized carbons (Fsp3) is 0.211. The van der Waals surface area contributed by atoms with Crippen molar-refractivity contribution in [1.29, 1.82) is 0 Å². The first kappa shape index (κ1) is 20.5. The number of amides is 1. The number of thioether (sulfide) groups is 1. The van der Waals surface area contributed by atoms with Crippen molar-refractivity contribution in [3.63, 3.8) is 0 Å². The molecular weight excluding hydrogens is 406 g/mol. The molecule has 1 aliphatic rings. The molecule has 0 spiro atoms. The zero-order valence-corrected chi connectivity index (χ0v) is 16.3. The minimum atomic E-state index is -3.51. The Bertz CT molecular complexity index is 973. The highest BCUT2D eigenvalue weighted by atomic mass is 32.2. The van der Waals surface area contributed by atoms with Crippen molar-refractivity contribution < 1.29 is 22.0 Å². The van der Waals surface area contributed by atoms with Crippen LogP contribution in [0.25, 0.3) is 6.08 Å². The number of sulfonamides is 1. The molecule has 0 atom stereocenters. The lowest BCUT2D eigenvalue weighted by atomic mass is 10.2. The van der Waals surface area contributed by atoms with Crippen molar-refractivity contribution in [3.8, 4) is 0 Å². The molecule has 1 saturated carbocycles. The molecule has 28 heavy (non-hydrogen) atoms. The highest BCUT2D eigenvalue weighted by Gasteiger charge is 2.27. The van der Waals surface area contributed by atoms with Gasteiger partial charge in [0.15, 0.2) is 0 Å². The first-order valence-electron chi connectivity index (χ1n) is 8.48. The molecule has 9 heteroatoms. The topological polar surface area (TPSA) is 75.3 Å². The number of halogens is 2. The van der Waals surface area contributed by atoms with E-state index >= 15 is 0 Å². The Morgan fingerprint density at radius 3 is 2.50 bits per heavy atom. The van der Waals surface area contributed by atoms with Crippen LogP contribution >= 0.6 is 11.8 Å². The minimum absolute atomic E-state index is 0.0332. The fourth-order valence-electron chi connectivity index (χ4n) is 2.35. The standard InChI is InChI=1S/C19H18F2N2O3S2/c20-19(21)27-16-3-1-2-15(12-16)22-18(24)11-6-13-4-9-17(10-5-13)28(25,26)23-14-7-8-14/h1-6,9-12,14,19,23H,7-8H2,(H,22,24)/b11-6+. The van der Waals surface area contributed by atoms with E-state index in [0.717, 1.165) is 12.8 Å². The molecule has 0 unspecified atom stereocenters. The first-order valence-corrected chi connectivity index (χ1v) is 10.8. The predicted octanol–water partition coefficient (Wildman–Crippen LogP) is 4.09. The summed E-state index contributed by atoms with van der Waals surface area (Å²) in [4.78, 5) is 12.5. The van der Waals surface area contributed by atoms with E-state index in [-0.39, 0.29) is 10.9 Å². The van der Waals surface area contributed by atoms with Gasteiger partial charge in [-0.2, -0.15) is 8.78 Å². The van der Waals surface area contributed by atoms with Crippen molar-refractivity contribution >= 4 is 39.5 Å². The molecule has 2 aromatic carbocycles. The molecule has 1 aliphatic carbocycles. The molecule has 0 heterocycles. The van der Waals surface area contributed by atoms with E-state index in [2.05, 4.69) is 10.0 Å². The molecule has 148 valence electrons. The van der Waals surface area contributed by atoms with Crippen LogP contribution in [0, 0.1) is 0 Å². The summed E-state index contributed by atoms with van der Waals surface area (Å²) in [5.41, 5.74) is 1.07. The van der Waals surface area contributed by atoms with Gasteiger partial charge < -0.3 is 5.32 Å². The normalized spacial score (nSPS) is 14.5. The summed E-state index contributed by atoms with van der Waals surface area (Å²) in [6, 6.07) is 12.4. The number of benzene rings is 2. The maximum atomic E-state index is 12.4. The molecule has 0 aliphatic heterocycles. The second-order valence-electron chi connectivity index (χ2n) is 6.19. The highest BCUT2D eigenvalue weighted by molar-refractivity contribution is 7.99. The molecule has 5 nitrogen and oxygen atoms in total. The van der Waals surface area contributed by atoms with Crippen molar-refractivity contribution in [3.05, 3.63) is 60.2 Å². The van der Waals surface area contributed by atoms with E-state index in [1.807, 2.05) is 0 Å². The van der Waals surface area contributed by atoms with E-state index in [4.69, 9.17) is 0 Å². The Morgan fingerprint density at radius 2 is 1.86 bits per heavy atom. The molecule has 1 amide bonds. The van der Waals surface area contributed by atoms with Gasteiger partial charge in [0.2, 0.25) is 15.9 Å². The molecular formula is C19H18F2N2O3S2. The van der Waals surface area contributed by atoms with Gasteiger partial charge in [0.05, 0.1) is 4.90 Å². The smallest absolute Gasteiger partial charge is 0.288 e. The van der Waals surface area contributed by atoms with Gasteiger partial charge in [0, 0.05) is 22.7 Å². The third-order valence-electron chi connectivity index (χ3n) is 3.84. The monoisotopic (exact) mass is 424 g/mol. The summed E-state index contributed by atoms with van der Waals surface area (Å²) in [5, 5.41) is 2.60. The lowest BCUT2D eigenvalue weighted by molar-refractivity contribution is -0.111. The Hall–Kier alpha value is -2.23. The van der Waals surface area contributed by atoms with E-state index in [1.54, 1.807) is 24.3 Å². The number of anilines is 1. The maximum Gasteiger partial charge on any atom is 0.288 e. The van der Waals surface area contributed by atoms with E-state index in [9.17, 15) is 22.0 Å². The number of carbonyl (C=O) groups is 1. The summed E-state index contributed by atoms with van der Waals surface area (Å²) < 4.78 is 51.7. The first-order chi connectivity index (χ1) is 13.3. The Labute approximate surface area is 166 Å². The molecule has 1 fully saturated rings. The second kappa shape index (κ2) is 8.85. The van der Waals surface area contributed by atoms with Crippen LogP contribution in [0.15, 0.2) is 64.4 Å². The SMILES string of the molecule is O=C(/C=C/c1ccc(S(=O)(=O)NC2CC2)cc1)Nc1cccc(SC(F)F)c1. The van der Waals surface area contributed by atoms with Crippen LogP contribution in [-0.4, -0.2) is 26.1 Å². The van der Waals surface area contributed by atoms with Crippen LogP contribution in [0.5, 0.6) is 0 Å². The third-order valence-corrected chi connectivity index (χ3v) is 6.08. The van der Waals surface area contributed by atoms with Gasteiger partial charge in [-0.3, -0.25) is 4.79 Å². The fourth-order valence-corrected chi connectivity index (χ4v) is 4.22. The van der Waals surface area contributed by atoms with Gasteiger partial charge in [0.1, 0.15) is 0 Å². The van der Waals surface area contributed by atoms with Crippen molar-refractivity contribution in [2.45, 2.75) is 34.4 Å². The summed E-state index contributed by atoms with van der Waals surface area (Å²) >= 11 is 0.404. The molecule has 2 aromatic rings. The number of alkyl halides is 2. The van der Waals surface area contributed by atoms with Crippen molar-refractivity contribution in [2.24, 2.45) is 0 Å². The van der Waals surface area contributed by atoms with Crippen LogP contribution in [0.3, 0.4) is 0 Å². The second-order valence-corrected chi connectivity index (χ2v) is 8.97. The number of hydrogen-bond acceptors (Lipinski definition) is 4. The molecule has 3 rings (SSSR count). The predicted molar refractivity (Wildman–Crippen MR) is 106 cm³/mol. The lowest BCUT2D eigenvalue weighted by Gasteiger charge is -2.06. The number of nitrogens with one attached hydrogen (secondary N) is 2. The summed E-state index contributed by atoms with van der Waals surface area (Å²) in [5.74, 6) is -2.96. The van der Waals surface area contributed by atoms with Gasteiger partial charge in [0.25, 0.3) is 5.76 Å². The lowest BCUT2D eigenvalue weighted by Crippen LogP contribution is -2.25. The summed E-state index contributed by atoms with van der Waals surface area (Å²) in [6.07, 6.45) is 4.55. The Balaban J connectivity index is 1.59.